The van der Waals surface area contributed by atoms with Crippen molar-refractivity contribution in [3.05, 3.63) is 58.6 Å². The SMILES string of the molecule is C[C@@H]1[C@@H]([Si](C)(C)O)[C@H](CC(=O)N2CCC[C@H]2CO)O[C@@]12C(=O)N(Cc1cccc(N3CCNCC3=O)c1)c1ccc(Cl)cc12. The Morgan fingerprint density at radius 2 is 1.98 bits per heavy atom. The van der Waals surface area contributed by atoms with Crippen LogP contribution in [-0.2, 0) is 31.3 Å². The Morgan fingerprint density at radius 3 is 2.70 bits per heavy atom. The summed E-state index contributed by atoms with van der Waals surface area (Å²) < 4.78 is 6.81. The van der Waals surface area contributed by atoms with Gasteiger partial charge in [0.15, 0.2) is 13.9 Å². The predicted octanol–water partition coefficient (Wildman–Crippen LogP) is 2.99. The molecule has 4 heterocycles. The predicted molar refractivity (Wildman–Crippen MR) is 170 cm³/mol. The monoisotopic (exact) mass is 640 g/mol. The minimum atomic E-state index is -2.96. The van der Waals surface area contributed by atoms with Crippen LogP contribution in [0, 0.1) is 5.92 Å². The Morgan fingerprint density at radius 1 is 1.18 bits per heavy atom. The van der Waals surface area contributed by atoms with Crippen molar-refractivity contribution < 1.29 is 29.0 Å². The summed E-state index contributed by atoms with van der Waals surface area (Å²) >= 11 is 6.52. The van der Waals surface area contributed by atoms with Crippen LogP contribution in [0.4, 0.5) is 11.4 Å². The second kappa shape index (κ2) is 11.8. The zero-order chi connectivity index (χ0) is 31.4. The molecule has 0 radical (unpaired) electrons. The molecule has 5 atom stereocenters. The number of nitrogens with one attached hydrogen (secondary N) is 1. The third-order valence-corrected chi connectivity index (χ3v) is 12.6. The number of likely N-dealkylation sites (tertiary alicyclic amines) is 1. The van der Waals surface area contributed by atoms with Crippen molar-refractivity contribution in [1.29, 1.82) is 0 Å². The van der Waals surface area contributed by atoms with E-state index in [1.807, 2.05) is 50.3 Å². The van der Waals surface area contributed by atoms with E-state index in [0.29, 0.717) is 35.9 Å². The molecule has 3 N–H and O–H groups in total. The Kier molecular flexibility index (Phi) is 8.40. The molecule has 3 fully saturated rings. The second-order valence-corrected chi connectivity index (χ2v) is 17.5. The van der Waals surface area contributed by atoms with Crippen LogP contribution in [-0.4, -0.2) is 85.8 Å². The van der Waals surface area contributed by atoms with Crippen molar-refractivity contribution in [2.24, 2.45) is 5.92 Å². The molecule has 3 amide bonds. The van der Waals surface area contributed by atoms with Gasteiger partial charge in [-0.1, -0.05) is 30.7 Å². The highest BCUT2D eigenvalue weighted by Crippen LogP contribution is 2.60. The minimum Gasteiger partial charge on any atom is -0.432 e. The van der Waals surface area contributed by atoms with E-state index in [1.165, 1.54) is 0 Å². The Labute approximate surface area is 264 Å². The third-order valence-electron chi connectivity index (χ3n) is 9.88. The minimum absolute atomic E-state index is 0.000532. The highest BCUT2D eigenvalue weighted by molar-refractivity contribution is 6.71. The molecule has 2 aromatic rings. The maximum absolute atomic E-state index is 14.7. The molecular formula is C32H41ClN4O6Si. The molecule has 0 unspecified atom stereocenters. The van der Waals surface area contributed by atoms with Gasteiger partial charge in [0.05, 0.1) is 44.0 Å². The molecular weight excluding hydrogens is 600 g/mol. The Bertz CT molecular complexity index is 1470. The van der Waals surface area contributed by atoms with E-state index in [0.717, 1.165) is 24.1 Å². The molecule has 6 rings (SSSR count). The first-order valence-corrected chi connectivity index (χ1v) is 18.9. The third kappa shape index (κ3) is 5.27. The number of aliphatic hydroxyl groups is 1. The number of amides is 3. The smallest absolute Gasteiger partial charge is 0.264 e. The van der Waals surface area contributed by atoms with Crippen molar-refractivity contribution in [2.75, 3.05) is 42.6 Å². The number of hydrogen-bond donors (Lipinski definition) is 3. The van der Waals surface area contributed by atoms with Crippen LogP contribution in [0.25, 0.3) is 0 Å². The van der Waals surface area contributed by atoms with Crippen molar-refractivity contribution in [2.45, 2.75) is 69.1 Å². The lowest BCUT2D eigenvalue weighted by Crippen LogP contribution is -2.48. The number of carbonyl (C=O) groups excluding carboxylic acids is 3. The van der Waals surface area contributed by atoms with Gasteiger partial charge in [0, 0.05) is 47.4 Å². The van der Waals surface area contributed by atoms with E-state index < -0.39 is 31.5 Å². The van der Waals surface area contributed by atoms with Crippen LogP contribution in [0.15, 0.2) is 42.5 Å². The number of anilines is 2. The first kappa shape index (κ1) is 31.2. The van der Waals surface area contributed by atoms with Crippen LogP contribution >= 0.6 is 11.6 Å². The van der Waals surface area contributed by atoms with Gasteiger partial charge < -0.3 is 34.7 Å². The number of nitrogens with zero attached hydrogens (tertiary/aromatic N) is 3. The fraction of sp³-hybridized carbons (Fsp3) is 0.531. The quantitative estimate of drug-likeness (QED) is 0.398. The number of piperazine rings is 1. The van der Waals surface area contributed by atoms with E-state index in [9.17, 15) is 24.3 Å². The van der Waals surface area contributed by atoms with Crippen LogP contribution in [0.2, 0.25) is 23.7 Å². The van der Waals surface area contributed by atoms with E-state index in [4.69, 9.17) is 16.3 Å². The highest BCUT2D eigenvalue weighted by atomic mass is 35.5. The first-order chi connectivity index (χ1) is 21.0. The number of carbonyl (C=O) groups is 3. The largest absolute Gasteiger partial charge is 0.432 e. The van der Waals surface area contributed by atoms with Crippen molar-refractivity contribution in [3.8, 4) is 0 Å². The second-order valence-electron chi connectivity index (χ2n) is 13.1. The first-order valence-electron chi connectivity index (χ1n) is 15.5. The molecule has 236 valence electrons. The molecule has 4 aliphatic heterocycles. The van der Waals surface area contributed by atoms with Crippen molar-refractivity contribution in [1.82, 2.24) is 10.2 Å². The van der Waals surface area contributed by atoms with Gasteiger partial charge in [-0.3, -0.25) is 14.4 Å². The lowest BCUT2D eigenvalue weighted by molar-refractivity contribution is -0.150. The van der Waals surface area contributed by atoms with Crippen LogP contribution in [0.3, 0.4) is 0 Å². The molecule has 10 nitrogen and oxygen atoms in total. The van der Waals surface area contributed by atoms with Gasteiger partial charge in [-0.05, 0) is 61.8 Å². The number of aliphatic hydroxyl groups excluding tert-OH is 1. The number of fused-ring (bicyclic) bond motifs is 2. The molecule has 1 spiro atoms. The summed E-state index contributed by atoms with van der Waals surface area (Å²) in [6.45, 7) is 7.90. The molecule has 0 saturated carbocycles. The zero-order valence-electron chi connectivity index (χ0n) is 25.5. The molecule has 3 saturated heterocycles. The Balaban J connectivity index is 1.34. The number of rotatable bonds is 7. The van der Waals surface area contributed by atoms with Crippen LogP contribution in [0.1, 0.15) is 37.3 Å². The summed E-state index contributed by atoms with van der Waals surface area (Å²) in [7, 11) is -2.96. The maximum atomic E-state index is 14.7. The average molecular weight is 641 g/mol. The maximum Gasteiger partial charge on any atom is 0.264 e. The number of benzene rings is 2. The fourth-order valence-electron chi connectivity index (χ4n) is 7.93. The molecule has 44 heavy (non-hydrogen) atoms. The number of hydrogen-bond acceptors (Lipinski definition) is 7. The van der Waals surface area contributed by atoms with Crippen LogP contribution < -0.4 is 15.1 Å². The highest BCUT2D eigenvalue weighted by Gasteiger charge is 2.66. The van der Waals surface area contributed by atoms with Gasteiger partial charge in [0.25, 0.3) is 5.91 Å². The molecule has 0 aliphatic carbocycles. The zero-order valence-corrected chi connectivity index (χ0v) is 27.2. The van der Waals surface area contributed by atoms with Crippen LogP contribution in [0.5, 0.6) is 0 Å². The lowest BCUT2D eigenvalue weighted by atomic mass is 9.82. The summed E-state index contributed by atoms with van der Waals surface area (Å²) in [4.78, 5) is 57.5. The average Bonchev–Trinajstić information content (AvgIpc) is 3.64. The van der Waals surface area contributed by atoms with E-state index >= 15 is 0 Å². The topological polar surface area (TPSA) is 123 Å². The molecule has 0 bridgehead atoms. The summed E-state index contributed by atoms with van der Waals surface area (Å²) in [5.74, 6) is -0.816. The summed E-state index contributed by atoms with van der Waals surface area (Å²) in [6.07, 6.45) is 0.924. The lowest BCUT2D eigenvalue weighted by Gasteiger charge is -2.33. The molecule has 2 aromatic carbocycles. The molecule has 4 aliphatic rings. The van der Waals surface area contributed by atoms with Gasteiger partial charge in [-0.2, -0.15) is 0 Å². The summed E-state index contributed by atoms with van der Waals surface area (Å²) in [5.41, 5.74) is 1.14. The number of halogens is 1. The molecule has 12 heteroatoms. The fourth-order valence-corrected chi connectivity index (χ4v) is 10.7. The normalized spacial score (nSPS) is 28.8. The van der Waals surface area contributed by atoms with E-state index in [-0.39, 0.29) is 49.9 Å². The van der Waals surface area contributed by atoms with Gasteiger partial charge in [-0.25, -0.2) is 0 Å². The standard InChI is InChI=1S/C32H41ClN4O6Si/c1-20-30(44(2,3)42)27(16-28(39)35-12-5-8-24(35)19-38)43-32(20)25-15-22(33)9-10-26(25)37(31(32)41)18-21-6-4-7-23(14-21)36-13-11-34-17-29(36)40/h4,6-7,9-10,14-15,20,24,27,30,34,38,42H,5,8,11-13,16-19H2,1-3H3/t20-,24+,27+,30-,32+/m1/s1. The van der Waals surface area contributed by atoms with Gasteiger partial charge in [0.1, 0.15) is 0 Å². The summed E-state index contributed by atoms with van der Waals surface area (Å²) in [5, 5.41) is 13.4. The van der Waals surface area contributed by atoms with Gasteiger partial charge >= 0.3 is 0 Å². The van der Waals surface area contributed by atoms with Crippen molar-refractivity contribution in [3.63, 3.8) is 0 Å². The van der Waals surface area contributed by atoms with Gasteiger partial charge in [0.2, 0.25) is 11.8 Å². The molecule has 0 aromatic heterocycles. The number of ether oxygens (including phenoxy) is 1. The summed E-state index contributed by atoms with van der Waals surface area (Å²) in [6, 6.07) is 12.8. The van der Waals surface area contributed by atoms with E-state index in [1.54, 1.807) is 26.8 Å². The van der Waals surface area contributed by atoms with E-state index in [2.05, 4.69) is 5.32 Å². The Hall–Kier alpha value is -2.80. The van der Waals surface area contributed by atoms with Crippen molar-refractivity contribution >= 4 is 49.0 Å². The van der Waals surface area contributed by atoms with Gasteiger partial charge in [-0.15, -0.1) is 0 Å².